The van der Waals surface area contributed by atoms with E-state index in [9.17, 15) is 0 Å². The largest absolute Gasteiger partial charge is 0.272 e. The van der Waals surface area contributed by atoms with Crippen LogP contribution in [-0.4, -0.2) is 30.4 Å². The number of hydrogen-bond donors (Lipinski definition) is 1. The van der Waals surface area contributed by atoms with E-state index in [0.717, 1.165) is 25.2 Å². The Bertz CT molecular complexity index is 376. The summed E-state index contributed by atoms with van der Waals surface area (Å²) in [6.07, 6.45) is 5.68. The van der Waals surface area contributed by atoms with Crippen molar-refractivity contribution in [2.45, 2.75) is 26.3 Å². The molecule has 2 aromatic heterocycles. The molecule has 6 nitrogen and oxygen atoms in total. The normalized spacial score (nSPS) is 10.6. The van der Waals surface area contributed by atoms with Crippen molar-refractivity contribution in [1.29, 1.82) is 0 Å². The van der Waals surface area contributed by atoms with Crippen LogP contribution in [0.25, 0.3) is 0 Å². The number of rotatable bonds is 4. The van der Waals surface area contributed by atoms with Gasteiger partial charge in [-0.3, -0.25) is 4.68 Å². The number of nitrogens with zero attached hydrogens (tertiary/aromatic N) is 5. The third-order valence-corrected chi connectivity index (χ3v) is 1.94. The summed E-state index contributed by atoms with van der Waals surface area (Å²) < 4.78 is 1.93. The van der Waals surface area contributed by atoms with Crippen molar-refractivity contribution < 1.29 is 0 Å². The summed E-state index contributed by atoms with van der Waals surface area (Å²) in [5, 5.41) is 17.9. The van der Waals surface area contributed by atoms with Gasteiger partial charge in [-0.1, -0.05) is 5.21 Å². The number of aromatic amines is 1. The molecule has 0 bridgehead atoms. The Morgan fingerprint density at radius 2 is 2.43 bits per heavy atom. The number of nitrogens with one attached hydrogen (secondary N) is 1. The molecular formula is C8H12N6. The summed E-state index contributed by atoms with van der Waals surface area (Å²) in [5.41, 5.74) is 1.18. The highest BCUT2D eigenvalue weighted by Crippen LogP contribution is 1.98. The lowest BCUT2D eigenvalue weighted by molar-refractivity contribution is 0.571. The Kier molecular flexibility index (Phi) is 2.53. The molecule has 14 heavy (non-hydrogen) atoms. The summed E-state index contributed by atoms with van der Waals surface area (Å²) in [6.45, 7) is 2.92. The van der Waals surface area contributed by atoms with Crippen molar-refractivity contribution >= 4 is 0 Å². The molecule has 0 aliphatic heterocycles. The second kappa shape index (κ2) is 3.99. The molecule has 74 valence electrons. The summed E-state index contributed by atoms with van der Waals surface area (Å²) in [5.74, 6) is 0.758. The molecule has 6 heteroatoms. The first-order valence-electron chi connectivity index (χ1n) is 4.56. The predicted molar refractivity (Wildman–Crippen MR) is 49.5 cm³/mol. The van der Waals surface area contributed by atoms with Gasteiger partial charge in [-0.2, -0.15) is 10.3 Å². The molecule has 2 rings (SSSR count). The van der Waals surface area contributed by atoms with Gasteiger partial charge < -0.3 is 0 Å². The van der Waals surface area contributed by atoms with Gasteiger partial charge in [0.25, 0.3) is 0 Å². The van der Waals surface area contributed by atoms with Gasteiger partial charge in [0.05, 0.1) is 6.20 Å². The SMILES string of the molecule is Cc1cnn(CCCc2nn[nH]n2)c1. The van der Waals surface area contributed by atoms with Gasteiger partial charge in [0, 0.05) is 19.2 Å². The molecule has 2 heterocycles. The molecule has 0 fully saturated rings. The molecule has 0 atom stereocenters. The highest BCUT2D eigenvalue weighted by atomic mass is 15.5. The lowest BCUT2D eigenvalue weighted by Crippen LogP contribution is -2.00. The van der Waals surface area contributed by atoms with Crippen molar-refractivity contribution in [3.8, 4) is 0 Å². The fourth-order valence-electron chi connectivity index (χ4n) is 1.28. The molecule has 0 amide bonds. The van der Waals surface area contributed by atoms with E-state index in [4.69, 9.17) is 0 Å². The molecule has 2 aromatic rings. The smallest absolute Gasteiger partial charge is 0.174 e. The Labute approximate surface area is 81.3 Å². The van der Waals surface area contributed by atoms with Crippen LogP contribution < -0.4 is 0 Å². The van der Waals surface area contributed by atoms with Crippen LogP contribution in [0.5, 0.6) is 0 Å². The maximum absolute atomic E-state index is 4.19. The quantitative estimate of drug-likeness (QED) is 0.758. The summed E-state index contributed by atoms with van der Waals surface area (Å²) in [4.78, 5) is 0. The van der Waals surface area contributed by atoms with Crippen molar-refractivity contribution in [2.75, 3.05) is 0 Å². The van der Waals surface area contributed by atoms with Crippen molar-refractivity contribution in [2.24, 2.45) is 0 Å². The highest BCUT2D eigenvalue weighted by Gasteiger charge is 1.98. The highest BCUT2D eigenvalue weighted by molar-refractivity contribution is 4.99. The van der Waals surface area contributed by atoms with Crippen molar-refractivity contribution in [1.82, 2.24) is 30.4 Å². The van der Waals surface area contributed by atoms with Crippen LogP contribution in [0.15, 0.2) is 12.4 Å². The molecule has 0 unspecified atom stereocenters. The van der Waals surface area contributed by atoms with E-state index in [1.54, 1.807) is 0 Å². The van der Waals surface area contributed by atoms with Gasteiger partial charge in [-0.25, -0.2) is 0 Å². The average molecular weight is 192 g/mol. The predicted octanol–water partition coefficient (Wildman–Crippen LogP) is 0.337. The molecule has 1 N–H and O–H groups in total. The van der Waals surface area contributed by atoms with E-state index >= 15 is 0 Å². The molecule has 0 spiro atoms. The lowest BCUT2D eigenvalue weighted by atomic mass is 10.3. The second-order valence-electron chi connectivity index (χ2n) is 3.21. The lowest BCUT2D eigenvalue weighted by Gasteiger charge is -1.97. The van der Waals surface area contributed by atoms with E-state index < -0.39 is 0 Å². The number of aromatic nitrogens is 6. The third-order valence-electron chi connectivity index (χ3n) is 1.94. The fourth-order valence-corrected chi connectivity index (χ4v) is 1.28. The van der Waals surface area contributed by atoms with Crippen LogP contribution in [0.3, 0.4) is 0 Å². The van der Waals surface area contributed by atoms with Gasteiger partial charge in [0.15, 0.2) is 5.82 Å². The van der Waals surface area contributed by atoms with Crippen LogP contribution in [0.1, 0.15) is 17.8 Å². The standard InChI is InChI=1S/C8H12N6/c1-7-5-9-14(6-7)4-2-3-8-10-12-13-11-8/h5-6H,2-4H2,1H3,(H,10,11,12,13). The van der Waals surface area contributed by atoms with Gasteiger partial charge in [-0.05, 0) is 18.9 Å². The Balaban J connectivity index is 1.78. The first-order chi connectivity index (χ1) is 6.84. The van der Waals surface area contributed by atoms with Crippen LogP contribution in [-0.2, 0) is 13.0 Å². The van der Waals surface area contributed by atoms with Crippen LogP contribution in [0.2, 0.25) is 0 Å². The van der Waals surface area contributed by atoms with Gasteiger partial charge in [-0.15, -0.1) is 10.2 Å². The summed E-state index contributed by atoms with van der Waals surface area (Å²) >= 11 is 0. The van der Waals surface area contributed by atoms with E-state index in [1.807, 2.05) is 24.0 Å². The maximum atomic E-state index is 4.19. The molecule has 0 aromatic carbocycles. The van der Waals surface area contributed by atoms with E-state index in [1.165, 1.54) is 5.56 Å². The van der Waals surface area contributed by atoms with Crippen molar-refractivity contribution in [3.05, 3.63) is 23.8 Å². The Morgan fingerprint density at radius 3 is 3.07 bits per heavy atom. The molecule has 0 saturated heterocycles. The molecule has 0 saturated carbocycles. The van der Waals surface area contributed by atoms with Crippen LogP contribution in [0, 0.1) is 6.92 Å². The number of aryl methyl sites for hydroxylation is 3. The van der Waals surface area contributed by atoms with E-state index in [2.05, 4.69) is 25.7 Å². The van der Waals surface area contributed by atoms with Crippen LogP contribution in [0.4, 0.5) is 0 Å². The Hall–Kier alpha value is -1.72. The summed E-state index contributed by atoms with van der Waals surface area (Å²) in [6, 6.07) is 0. The second-order valence-corrected chi connectivity index (χ2v) is 3.21. The first kappa shape index (κ1) is 8.86. The monoisotopic (exact) mass is 192 g/mol. The summed E-state index contributed by atoms with van der Waals surface area (Å²) in [7, 11) is 0. The minimum atomic E-state index is 0.758. The number of H-pyrrole nitrogens is 1. The zero-order valence-corrected chi connectivity index (χ0v) is 8.01. The van der Waals surface area contributed by atoms with Gasteiger partial charge in [0.2, 0.25) is 0 Å². The molecule has 0 radical (unpaired) electrons. The molecule has 0 aliphatic carbocycles. The molecule has 0 aliphatic rings. The number of hydrogen-bond acceptors (Lipinski definition) is 4. The zero-order valence-electron chi connectivity index (χ0n) is 8.01. The van der Waals surface area contributed by atoms with E-state index in [0.29, 0.717) is 0 Å². The third kappa shape index (κ3) is 2.15. The van der Waals surface area contributed by atoms with Gasteiger partial charge in [0.1, 0.15) is 0 Å². The minimum absolute atomic E-state index is 0.758. The van der Waals surface area contributed by atoms with Crippen molar-refractivity contribution in [3.63, 3.8) is 0 Å². The molecular weight excluding hydrogens is 180 g/mol. The fraction of sp³-hybridized carbons (Fsp3) is 0.500. The van der Waals surface area contributed by atoms with Crippen LogP contribution >= 0.6 is 0 Å². The Morgan fingerprint density at radius 1 is 1.50 bits per heavy atom. The average Bonchev–Trinajstić information content (AvgIpc) is 2.77. The topological polar surface area (TPSA) is 72.3 Å². The zero-order chi connectivity index (χ0) is 9.80. The maximum Gasteiger partial charge on any atom is 0.174 e. The number of tetrazole rings is 1. The first-order valence-corrected chi connectivity index (χ1v) is 4.56. The van der Waals surface area contributed by atoms with E-state index in [-0.39, 0.29) is 0 Å². The minimum Gasteiger partial charge on any atom is -0.272 e. The van der Waals surface area contributed by atoms with Gasteiger partial charge >= 0.3 is 0 Å².